The molecule has 2 aromatic rings. The molecule has 1 aliphatic rings. The van der Waals surface area contributed by atoms with Crippen LogP contribution in [0.1, 0.15) is 56.2 Å². The number of piperidine rings is 1. The maximum atomic E-state index is 14.0. The zero-order chi connectivity index (χ0) is 23.5. The van der Waals surface area contributed by atoms with E-state index in [0.29, 0.717) is 29.3 Å². The Kier molecular flexibility index (Phi) is 7.68. The minimum Gasteiger partial charge on any atom is -0.467 e. The SMILES string of the molecule is C=CCC1(C)CC(c2cccc(Cl)c2)C(c2ccc(Cl)cc2)N(C(CC)C(=O)OC)C1=O. The summed E-state index contributed by atoms with van der Waals surface area (Å²) in [5.74, 6) is -0.586. The maximum absolute atomic E-state index is 14.0. The van der Waals surface area contributed by atoms with Gasteiger partial charge in [-0.1, -0.05) is 67.4 Å². The van der Waals surface area contributed by atoms with Crippen LogP contribution in [0.4, 0.5) is 0 Å². The van der Waals surface area contributed by atoms with Gasteiger partial charge >= 0.3 is 5.97 Å². The molecule has 4 nitrogen and oxygen atoms in total. The predicted molar refractivity (Wildman–Crippen MR) is 129 cm³/mol. The lowest BCUT2D eigenvalue weighted by molar-refractivity contribution is -0.165. The number of halogens is 2. The van der Waals surface area contributed by atoms with Crippen molar-refractivity contribution in [3.8, 4) is 0 Å². The lowest BCUT2D eigenvalue weighted by Gasteiger charge is -2.51. The van der Waals surface area contributed by atoms with Gasteiger partial charge in [-0.2, -0.15) is 0 Å². The summed E-state index contributed by atoms with van der Waals surface area (Å²) in [6, 6.07) is 14.1. The van der Waals surface area contributed by atoms with Gasteiger partial charge in [0, 0.05) is 16.0 Å². The number of nitrogens with zero attached hydrogens (tertiary/aromatic N) is 1. The Morgan fingerprint density at radius 1 is 1.22 bits per heavy atom. The topological polar surface area (TPSA) is 46.6 Å². The van der Waals surface area contributed by atoms with Crippen molar-refractivity contribution in [3.05, 3.63) is 82.4 Å². The van der Waals surface area contributed by atoms with E-state index >= 15 is 0 Å². The fraction of sp³-hybridized carbons (Fsp3) is 0.385. The minimum absolute atomic E-state index is 0.0760. The highest BCUT2D eigenvalue weighted by Crippen LogP contribution is 2.52. The molecule has 1 aliphatic heterocycles. The quantitative estimate of drug-likeness (QED) is 0.336. The predicted octanol–water partition coefficient (Wildman–Crippen LogP) is 6.58. The maximum Gasteiger partial charge on any atom is 0.328 e. The number of allylic oxidation sites excluding steroid dienone is 1. The molecule has 0 spiro atoms. The fourth-order valence-electron chi connectivity index (χ4n) is 4.84. The smallest absolute Gasteiger partial charge is 0.328 e. The van der Waals surface area contributed by atoms with Gasteiger partial charge in [0.1, 0.15) is 6.04 Å². The Morgan fingerprint density at radius 2 is 1.91 bits per heavy atom. The van der Waals surface area contributed by atoms with Crippen molar-refractivity contribution in [1.82, 2.24) is 4.90 Å². The van der Waals surface area contributed by atoms with E-state index in [9.17, 15) is 9.59 Å². The first-order chi connectivity index (χ1) is 15.3. The van der Waals surface area contributed by atoms with Crippen molar-refractivity contribution < 1.29 is 14.3 Å². The molecular weight excluding hydrogens is 445 g/mol. The summed E-state index contributed by atoms with van der Waals surface area (Å²) in [4.78, 5) is 28.5. The first-order valence-corrected chi connectivity index (χ1v) is 11.5. The van der Waals surface area contributed by atoms with E-state index in [0.717, 1.165) is 11.1 Å². The van der Waals surface area contributed by atoms with Crippen molar-refractivity contribution in [2.45, 2.75) is 51.1 Å². The van der Waals surface area contributed by atoms with Crippen LogP contribution in [0.15, 0.2) is 61.2 Å². The molecular formula is C26H29Cl2NO3. The molecule has 0 radical (unpaired) electrons. The van der Waals surface area contributed by atoms with Crippen molar-refractivity contribution in [1.29, 1.82) is 0 Å². The molecule has 1 saturated heterocycles. The number of rotatable bonds is 7. The highest BCUT2D eigenvalue weighted by Gasteiger charge is 2.52. The van der Waals surface area contributed by atoms with E-state index in [1.54, 1.807) is 11.0 Å². The fourth-order valence-corrected chi connectivity index (χ4v) is 5.17. The highest BCUT2D eigenvalue weighted by atomic mass is 35.5. The van der Waals surface area contributed by atoms with Crippen molar-refractivity contribution in [2.24, 2.45) is 5.41 Å². The number of hydrogen-bond acceptors (Lipinski definition) is 3. The normalized spacial score (nSPS) is 24.2. The van der Waals surface area contributed by atoms with Gasteiger partial charge in [-0.25, -0.2) is 4.79 Å². The largest absolute Gasteiger partial charge is 0.467 e. The van der Waals surface area contributed by atoms with Gasteiger partial charge in [-0.3, -0.25) is 4.79 Å². The molecule has 1 heterocycles. The number of likely N-dealkylation sites (tertiary alicyclic amines) is 1. The van der Waals surface area contributed by atoms with Crippen molar-refractivity contribution in [2.75, 3.05) is 7.11 Å². The summed E-state index contributed by atoms with van der Waals surface area (Å²) in [6.45, 7) is 7.71. The van der Waals surface area contributed by atoms with Gasteiger partial charge in [0.15, 0.2) is 0 Å². The number of hydrogen-bond donors (Lipinski definition) is 0. The number of carbonyl (C=O) groups is 2. The van der Waals surface area contributed by atoms with Gasteiger partial charge in [0.05, 0.1) is 18.6 Å². The van der Waals surface area contributed by atoms with Crippen LogP contribution in [0.3, 0.4) is 0 Å². The van der Waals surface area contributed by atoms with Crippen LogP contribution >= 0.6 is 23.2 Å². The summed E-state index contributed by atoms with van der Waals surface area (Å²) in [6.07, 6.45) is 3.31. The molecule has 0 aromatic heterocycles. The highest BCUT2D eigenvalue weighted by molar-refractivity contribution is 6.30. The van der Waals surface area contributed by atoms with Crippen LogP contribution in [0.25, 0.3) is 0 Å². The molecule has 4 atom stereocenters. The molecule has 0 saturated carbocycles. The second-order valence-corrected chi connectivity index (χ2v) is 9.45. The van der Waals surface area contributed by atoms with Crippen LogP contribution in [0, 0.1) is 5.41 Å². The third-order valence-electron chi connectivity index (χ3n) is 6.38. The van der Waals surface area contributed by atoms with E-state index in [2.05, 4.69) is 6.58 Å². The lowest BCUT2D eigenvalue weighted by atomic mass is 9.67. The van der Waals surface area contributed by atoms with E-state index in [4.69, 9.17) is 27.9 Å². The van der Waals surface area contributed by atoms with E-state index in [1.807, 2.05) is 62.4 Å². The van der Waals surface area contributed by atoms with Gasteiger partial charge in [0.25, 0.3) is 0 Å². The van der Waals surface area contributed by atoms with Crippen LogP contribution in [0.5, 0.6) is 0 Å². The first-order valence-electron chi connectivity index (χ1n) is 10.8. The molecule has 0 N–H and O–H groups in total. The molecule has 1 amide bonds. The first kappa shape index (κ1) is 24.3. The molecule has 0 aliphatic carbocycles. The van der Waals surface area contributed by atoms with E-state index in [1.165, 1.54) is 7.11 Å². The molecule has 32 heavy (non-hydrogen) atoms. The lowest BCUT2D eigenvalue weighted by Crippen LogP contribution is -2.57. The summed E-state index contributed by atoms with van der Waals surface area (Å²) in [5.41, 5.74) is 1.22. The summed E-state index contributed by atoms with van der Waals surface area (Å²) >= 11 is 12.5. The van der Waals surface area contributed by atoms with Crippen LogP contribution < -0.4 is 0 Å². The van der Waals surface area contributed by atoms with Crippen LogP contribution in [0.2, 0.25) is 10.0 Å². The number of carbonyl (C=O) groups excluding carboxylic acids is 2. The van der Waals surface area contributed by atoms with Gasteiger partial charge in [0.2, 0.25) is 5.91 Å². The average Bonchev–Trinajstić information content (AvgIpc) is 2.77. The number of methoxy groups -OCH3 is 1. The van der Waals surface area contributed by atoms with Crippen LogP contribution in [-0.2, 0) is 14.3 Å². The third-order valence-corrected chi connectivity index (χ3v) is 6.87. The van der Waals surface area contributed by atoms with Gasteiger partial charge < -0.3 is 9.64 Å². The molecule has 4 unspecified atom stereocenters. The Morgan fingerprint density at radius 3 is 2.47 bits per heavy atom. The molecule has 6 heteroatoms. The van der Waals surface area contributed by atoms with Crippen molar-refractivity contribution >= 4 is 35.1 Å². The average molecular weight is 474 g/mol. The van der Waals surface area contributed by atoms with Gasteiger partial charge in [-0.05, 0) is 54.7 Å². The molecule has 0 bridgehead atoms. The Hall–Kier alpha value is -2.30. The number of ether oxygens (including phenoxy) is 1. The number of benzene rings is 2. The molecule has 1 fully saturated rings. The summed E-state index contributed by atoms with van der Waals surface area (Å²) in [5, 5.41) is 1.24. The second kappa shape index (κ2) is 10.1. The van der Waals surface area contributed by atoms with E-state index < -0.39 is 17.4 Å². The standard InChI is InChI=1S/C26H29Cl2NO3/c1-5-14-26(3)16-21(18-8-7-9-20(28)15-18)23(17-10-12-19(27)13-11-17)29(25(26)31)22(6-2)24(30)32-4/h5,7-13,15,21-23H,1,6,14,16H2,2-4H3. The van der Waals surface area contributed by atoms with Crippen molar-refractivity contribution in [3.63, 3.8) is 0 Å². The van der Waals surface area contributed by atoms with Crippen LogP contribution in [-0.4, -0.2) is 29.9 Å². The Balaban J connectivity index is 2.26. The number of esters is 1. The molecule has 3 rings (SSSR count). The Bertz CT molecular complexity index is 991. The summed E-state index contributed by atoms with van der Waals surface area (Å²) < 4.78 is 5.10. The van der Waals surface area contributed by atoms with E-state index in [-0.39, 0.29) is 17.9 Å². The zero-order valence-electron chi connectivity index (χ0n) is 18.7. The summed E-state index contributed by atoms with van der Waals surface area (Å²) in [7, 11) is 1.36. The zero-order valence-corrected chi connectivity index (χ0v) is 20.2. The number of amides is 1. The monoisotopic (exact) mass is 473 g/mol. The molecule has 170 valence electrons. The van der Waals surface area contributed by atoms with Gasteiger partial charge in [-0.15, -0.1) is 6.58 Å². The molecule has 2 aromatic carbocycles. The third kappa shape index (κ3) is 4.72. The Labute approximate surface area is 200 Å². The second-order valence-electron chi connectivity index (χ2n) is 8.58. The minimum atomic E-state index is -0.709.